The Hall–Kier alpha value is -2.89. The lowest BCUT2D eigenvalue weighted by Gasteiger charge is -2.11. The van der Waals surface area contributed by atoms with Crippen molar-refractivity contribution in [2.24, 2.45) is 0 Å². The number of non-ortho nitro benzene ring substituents is 1. The van der Waals surface area contributed by atoms with Crippen LogP contribution in [0.15, 0.2) is 42.5 Å². The molecule has 6 nitrogen and oxygen atoms in total. The molecule has 0 radical (unpaired) electrons. The average Bonchev–Trinajstić information content (AvgIpc) is 2.48. The number of amides is 1. The second-order valence-corrected chi connectivity index (χ2v) is 4.97. The zero-order chi connectivity index (χ0) is 16.1. The number of nitrogens with one attached hydrogen (secondary N) is 2. The van der Waals surface area contributed by atoms with Gasteiger partial charge in [-0.3, -0.25) is 14.9 Å². The number of para-hydroxylation sites is 1. The lowest BCUT2D eigenvalue weighted by atomic mass is 10.2. The summed E-state index contributed by atoms with van der Waals surface area (Å²) in [5.41, 5.74) is 3.10. The number of carbonyl (C=O) groups is 1. The first-order valence-corrected chi connectivity index (χ1v) is 6.82. The first kappa shape index (κ1) is 15.5. The van der Waals surface area contributed by atoms with E-state index in [2.05, 4.69) is 10.6 Å². The fourth-order valence-corrected chi connectivity index (χ4v) is 2.00. The molecular formula is C16H17N3O3. The van der Waals surface area contributed by atoms with Gasteiger partial charge in [0.15, 0.2) is 0 Å². The van der Waals surface area contributed by atoms with Gasteiger partial charge < -0.3 is 10.6 Å². The minimum absolute atomic E-state index is 0.0484. The van der Waals surface area contributed by atoms with Crippen LogP contribution < -0.4 is 10.6 Å². The molecular weight excluding hydrogens is 282 g/mol. The number of hydrogen-bond donors (Lipinski definition) is 2. The Bertz CT molecular complexity index is 714. The van der Waals surface area contributed by atoms with Gasteiger partial charge in [-0.2, -0.15) is 0 Å². The van der Waals surface area contributed by atoms with Gasteiger partial charge >= 0.3 is 0 Å². The molecule has 114 valence electrons. The summed E-state index contributed by atoms with van der Waals surface area (Å²) in [7, 11) is 0. The van der Waals surface area contributed by atoms with Crippen LogP contribution in [0, 0.1) is 24.0 Å². The molecule has 0 saturated heterocycles. The predicted molar refractivity (Wildman–Crippen MR) is 86.1 cm³/mol. The first-order valence-electron chi connectivity index (χ1n) is 6.82. The number of carbonyl (C=O) groups excluding carboxylic acids is 1. The highest BCUT2D eigenvalue weighted by atomic mass is 16.6. The highest BCUT2D eigenvalue weighted by Crippen LogP contribution is 2.21. The van der Waals surface area contributed by atoms with Crippen LogP contribution in [-0.4, -0.2) is 17.4 Å². The number of benzene rings is 2. The van der Waals surface area contributed by atoms with Gasteiger partial charge in [0.05, 0.1) is 17.2 Å². The SMILES string of the molecule is Cc1ccccc1NCC(=O)Nc1cc([N+](=O)[O-])ccc1C. The number of hydrogen-bond acceptors (Lipinski definition) is 4. The maximum atomic E-state index is 12.0. The van der Waals surface area contributed by atoms with Gasteiger partial charge in [0, 0.05) is 17.8 Å². The molecule has 0 aliphatic rings. The number of nitro benzene ring substituents is 1. The molecule has 0 atom stereocenters. The standard InChI is InChI=1S/C16H17N3O3/c1-11-5-3-4-6-14(11)17-10-16(20)18-15-9-13(19(21)22)8-7-12(15)2/h3-9,17H,10H2,1-2H3,(H,18,20). The molecule has 0 saturated carbocycles. The van der Waals surface area contributed by atoms with E-state index in [-0.39, 0.29) is 18.1 Å². The van der Waals surface area contributed by atoms with Crippen LogP contribution >= 0.6 is 0 Å². The first-order chi connectivity index (χ1) is 10.5. The summed E-state index contributed by atoms with van der Waals surface area (Å²) in [6.07, 6.45) is 0. The molecule has 0 fully saturated rings. The third kappa shape index (κ3) is 3.82. The topological polar surface area (TPSA) is 84.3 Å². The Morgan fingerprint density at radius 2 is 1.77 bits per heavy atom. The fourth-order valence-electron chi connectivity index (χ4n) is 2.00. The molecule has 2 aromatic rings. The van der Waals surface area contributed by atoms with Crippen LogP contribution in [0.25, 0.3) is 0 Å². The van der Waals surface area contributed by atoms with Crippen LogP contribution in [0.5, 0.6) is 0 Å². The molecule has 22 heavy (non-hydrogen) atoms. The largest absolute Gasteiger partial charge is 0.376 e. The van der Waals surface area contributed by atoms with Gasteiger partial charge in [0.2, 0.25) is 5.91 Å². The molecule has 0 spiro atoms. The van der Waals surface area contributed by atoms with E-state index in [1.54, 1.807) is 13.0 Å². The number of nitrogens with zero attached hydrogens (tertiary/aromatic N) is 1. The van der Waals surface area contributed by atoms with E-state index in [4.69, 9.17) is 0 Å². The van der Waals surface area contributed by atoms with E-state index in [0.717, 1.165) is 16.8 Å². The third-order valence-electron chi connectivity index (χ3n) is 3.29. The minimum atomic E-state index is -0.485. The third-order valence-corrected chi connectivity index (χ3v) is 3.29. The summed E-state index contributed by atoms with van der Waals surface area (Å²) in [6.45, 7) is 3.83. The van der Waals surface area contributed by atoms with Gasteiger partial charge in [0.25, 0.3) is 5.69 Å². The maximum Gasteiger partial charge on any atom is 0.271 e. The van der Waals surface area contributed by atoms with Gasteiger partial charge in [0.1, 0.15) is 0 Å². The van der Waals surface area contributed by atoms with Crippen molar-refractivity contribution in [2.45, 2.75) is 13.8 Å². The summed E-state index contributed by atoms with van der Waals surface area (Å²) in [5, 5.41) is 16.5. The van der Waals surface area contributed by atoms with Gasteiger partial charge in [-0.05, 0) is 31.0 Å². The van der Waals surface area contributed by atoms with Crippen molar-refractivity contribution in [2.75, 3.05) is 17.2 Å². The van der Waals surface area contributed by atoms with Gasteiger partial charge in [-0.25, -0.2) is 0 Å². The Morgan fingerprint density at radius 1 is 1.09 bits per heavy atom. The lowest BCUT2D eigenvalue weighted by Crippen LogP contribution is -2.22. The van der Waals surface area contributed by atoms with Crippen LogP contribution in [-0.2, 0) is 4.79 Å². The maximum absolute atomic E-state index is 12.0. The normalized spacial score (nSPS) is 10.1. The van der Waals surface area contributed by atoms with Crippen molar-refractivity contribution in [3.05, 3.63) is 63.7 Å². The molecule has 2 rings (SSSR count). The quantitative estimate of drug-likeness (QED) is 0.655. The predicted octanol–water partition coefficient (Wildman–Crippen LogP) is 3.26. The Morgan fingerprint density at radius 3 is 2.45 bits per heavy atom. The molecule has 0 aliphatic heterocycles. The number of nitro groups is 1. The van der Waals surface area contributed by atoms with Crippen LogP contribution in [0.4, 0.5) is 17.1 Å². The molecule has 0 unspecified atom stereocenters. The fraction of sp³-hybridized carbons (Fsp3) is 0.188. The van der Waals surface area contributed by atoms with E-state index in [9.17, 15) is 14.9 Å². The summed E-state index contributed by atoms with van der Waals surface area (Å²) < 4.78 is 0. The van der Waals surface area contributed by atoms with Crippen LogP contribution in [0.2, 0.25) is 0 Å². The Labute approximate surface area is 128 Å². The van der Waals surface area contributed by atoms with Crippen molar-refractivity contribution in [1.29, 1.82) is 0 Å². The number of aryl methyl sites for hydroxylation is 2. The van der Waals surface area contributed by atoms with E-state index in [1.807, 2.05) is 31.2 Å². The highest BCUT2D eigenvalue weighted by molar-refractivity contribution is 5.94. The highest BCUT2D eigenvalue weighted by Gasteiger charge is 2.11. The van der Waals surface area contributed by atoms with Crippen LogP contribution in [0.3, 0.4) is 0 Å². The van der Waals surface area contributed by atoms with Gasteiger partial charge in [-0.15, -0.1) is 0 Å². The molecule has 6 heteroatoms. The van der Waals surface area contributed by atoms with E-state index < -0.39 is 4.92 Å². The lowest BCUT2D eigenvalue weighted by molar-refractivity contribution is -0.384. The summed E-state index contributed by atoms with van der Waals surface area (Å²) in [5.74, 6) is -0.258. The van der Waals surface area contributed by atoms with Crippen molar-refractivity contribution in [1.82, 2.24) is 0 Å². The molecule has 0 bridgehead atoms. The molecule has 0 aliphatic carbocycles. The second-order valence-electron chi connectivity index (χ2n) is 4.97. The molecule has 1 amide bonds. The number of anilines is 2. The number of rotatable bonds is 5. The molecule has 0 aromatic heterocycles. The smallest absolute Gasteiger partial charge is 0.271 e. The van der Waals surface area contributed by atoms with Crippen LogP contribution in [0.1, 0.15) is 11.1 Å². The van der Waals surface area contributed by atoms with E-state index in [1.165, 1.54) is 12.1 Å². The van der Waals surface area contributed by atoms with E-state index >= 15 is 0 Å². The zero-order valence-corrected chi connectivity index (χ0v) is 12.4. The molecule has 2 aromatic carbocycles. The monoisotopic (exact) mass is 299 g/mol. The summed E-state index contributed by atoms with van der Waals surface area (Å²) in [6, 6.07) is 12.0. The second kappa shape index (κ2) is 6.71. The van der Waals surface area contributed by atoms with Gasteiger partial charge in [-0.1, -0.05) is 24.3 Å². The summed E-state index contributed by atoms with van der Waals surface area (Å²) >= 11 is 0. The molecule has 2 N–H and O–H groups in total. The van der Waals surface area contributed by atoms with Crippen molar-refractivity contribution < 1.29 is 9.72 Å². The Kier molecular flexibility index (Phi) is 4.73. The van der Waals surface area contributed by atoms with Crippen molar-refractivity contribution >= 4 is 23.0 Å². The minimum Gasteiger partial charge on any atom is -0.376 e. The Balaban J connectivity index is 2.02. The average molecular weight is 299 g/mol. The van der Waals surface area contributed by atoms with E-state index in [0.29, 0.717) is 5.69 Å². The van der Waals surface area contributed by atoms with Crippen molar-refractivity contribution in [3.63, 3.8) is 0 Å². The molecule has 0 heterocycles. The summed E-state index contributed by atoms with van der Waals surface area (Å²) in [4.78, 5) is 22.3. The zero-order valence-electron chi connectivity index (χ0n) is 12.4. The van der Waals surface area contributed by atoms with Crippen molar-refractivity contribution in [3.8, 4) is 0 Å².